The number of carbonyl (C=O) groups is 1. The van der Waals surface area contributed by atoms with Gasteiger partial charge in [-0.15, -0.1) is 0 Å². The molecular formula is C22H27ClN2O2. The van der Waals surface area contributed by atoms with E-state index in [0.717, 1.165) is 37.4 Å². The van der Waals surface area contributed by atoms with Crippen LogP contribution < -0.4 is 10.1 Å². The fourth-order valence-electron chi connectivity index (χ4n) is 3.60. The van der Waals surface area contributed by atoms with Gasteiger partial charge in [0.15, 0.2) is 0 Å². The summed E-state index contributed by atoms with van der Waals surface area (Å²) in [5.74, 6) is 0.744. The Morgan fingerprint density at radius 1 is 1.26 bits per heavy atom. The van der Waals surface area contributed by atoms with E-state index < -0.39 is 0 Å². The number of fused-ring (bicyclic) bond motifs is 1. The SMILES string of the molecule is CCOc1ccc(CN2CCc3cc(C(C)NC(C)=O)ccc3C2)cc1Cl. The van der Waals surface area contributed by atoms with Gasteiger partial charge in [0.2, 0.25) is 5.91 Å². The molecule has 0 fully saturated rings. The molecule has 1 atom stereocenters. The molecule has 1 N–H and O–H groups in total. The average molecular weight is 387 g/mol. The largest absolute Gasteiger partial charge is 0.492 e. The predicted molar refractivity (Wildman–Crippen MR) is 109 cm³/mol. The highest BCUT2D eigenvalue weighted by molar-refractivity contribution is 6.32. The van der Waals surface area contributed by atoms with E-state index in [4.69, 9.17) is 16.3 Å². The molecule has 1 aliphatic heterocycles. The van der Waals surface area contributed by atoms with Gasteiger partial charge in [-0.05, 0) is 54.7 Å². The van der Waals surface area contributed by atoms with E-state index in [1.165, 1.54) is 16.7 Å². The molecule has 0 spiro atoms. The van der Waals surface area contributed by atoms with E-state index in [1.54, 1.807) is 6.92 Å². The number of ether oxygens (including phenoxy) is 1. The van der Waals surface area contributed by atoms with Crippen molar-refractivity contribution in [2.45, 2.75) is 46.3 Å². The summed E-state index contributed by atoms with van der Waals surface area (Å²) in [5, 5.41) is 3.62. The van der Waals surface area contributed by atoms with Crippen LogP contribution in [0.1, 0.15) is 49.1 Å². The van der Waals surface area contributed by atoms with Crippen LogP contribution in [0.3, 0.4) is 0 Å². The molecule has 4 nitrogen and oxygen atoms in total. The van der Waals surface area contributed by atoms with Crippen molar-refractivity contribution in [1.82, 2.24) is 10.2 Å². The Bertz CT molecular complexity index is 822. The van der Waals surface area contributed by atoms with Gasteiger partial charge in [0.1, 0.15) is 5.75 Å². The van der Waals surface area contributed by atoms with Gasteiger partial charge in [-0.25, -0.2) is 0 Å². The lowest BCUT2D eigenvalue weighted by Gasteiger charge is -2.29. The first-order chi connectivity index (χ1) is 13.0. The van der Waals surface area contributed by atoms with Crippen molar-refractivity contribution >= 4 is 17.5 Å². The van der Waals surface area contributed by atoms with Crippen LogP contribution in [0.15, 0.2) is 36.4 Å². The molecular weight excluding hydrogens is 360 g/mol. The summed E-state index contributed by atoms with van der Waals surface area (Å²) >= 11 is 6.32. The Hall–Kier alpha value is -2.04. The second kappa shape index (κ2) is 8.77. The summed E-state index contributed by atoms with van der Waals surface area (Å²) in [6, 6.07) is 12.6. The third-order valence-electron chi connectivity index (χ3n) is 4.94. The number of halogens is 1. The second-order valence-corrected chi connectivity index (χ2v) is 7.52. The van der Waals surface area contributed by atoms with Gasteiger partial charge in [0.25, 0.3) is 0 Å². The summed E-state index contributed by atoms with van der Waals surface area (Å²) in [6.07, 6.45) is 1.01. The number of nitrogens with zero attached hydrogens (tertiary/aromatic N) is 1. The fourth-order valence-corrected chi connectivity index (χ4v) is 3.86. The molecule has 1 unspecified atom stereocenters. The molecule has 1 amide bonds. The van der Waals surface area contributed by atoms with E-state index in [-0.39, 0.29) is 11.9 Å². The molecule has 1 aliphatic rings. The van der Waals surface area contributed by atoms with E-state index in [2.05, 4.69) is 34.5 Å². The molecule has 0 saturated heterocycles. The lowest BCUT2D eigenvalue weighted by Crippen LogP contribution is -2.30. The van der Waals surface area contributed by atoms with Gasteiger partial charge in [-0.1, -0.05) is 35.9 Å². The van der Waals surface area contributed by atoms with Crippen LogP contribution in [0.4, 0.5) is 0 Å². The van der Waals surface area contributed by atoms with Crippen LogP contribution in [0.25, 0.3) is 0 Å². The molecule has 27 heavy (non-hydrogen) atoms. The van der Waals surface area contributed by atoms with Crippen molar-refractivity contribution in [3.05, 3.63) is 63.7 Å². The molecule has 0 saturated carbocycles. The first-order valence-corrected chi connectivity index (χ1v) is 9.86. The van der Waals surface area contributed by atoms with Crippen molar-refractivity contribution in [3.63, 3.8) is 0 Å². The predicted octanol–water partition coefficient (Wildman–Crippen LogP) is 4.49. The summed E-state index contributed by atoms with van der Waals surface area (Å²) in [7, 11) is 0. The third kappa shape index (κ3) is 5.02. The third-order valence-corrected chi connectivity index (χ3v) is 5.24. The minimum atomic E-state index is 0.000381. The Balaban J connectivity index is 1.66. The molecule has 1 heterocycles. The van der Waals surface area contributed by atoms with Crippen LogP contribution in [0, 0.1) is 0 Å². The summed E-state index contributed by atoms with van der Waals surface area (Å²) in [6.45, 7) is 8.95. The zero-order valence-electron chi connectivity index (χ0n) is 16.2. The van der Waals surface area contributed by atoms with Gasteiger partial charge in [0.05, 0.1) is 17.7 Å². The zero-order valence-corrected chi connectivity index (χ0v) is 17.0. The van der Waals surface area contributed by atoms with E-state index >= 15 is 0 Å². The Morgan fingerprint density at radius 3 is 2.78 bits per heavy atom. The molecule has 144 valence electrons. The van der Waals surface area contributed by atoms with Crippen LogP contribution in [-0.4, -0.2) is 24.0 Å². The summed E-state index contributed by atoms with van der Waals surface area (Å²) in [5.41, 5.74) is 5.10. The average Bonchev–Trinajstić information content (AvgIpc) is 2.63. The zero-order chi connectivity index (χ0) is 19.4. The van der Waals surface area contributed by atoms with Crippen molar-refractivity contribution < 1.29 is 9.53 Å². The molecule has 2 aromatic rings. The van der Waals surface area contributed by atoms with Gasteiger partial charge >= 0.3 is 0 Å². The van der Waals surface area contributed by atoms with Gasteiger partial charge in [-0.3, -0.25) is 9.69 Å². The monoisotopic (exact) mass is 386 g/mol. The number of amides is 1. The number of carbonyl (C=O) groups excluding carboxylic acids is 1. The molecule has 5 heteroatoms. The van der Waals surface area contributed by atoms with Crippen molar-refractivity contribution in [1.29, 1.82) is 0 Å². The Morgan fingerprint density at radius 2 is 2.07 bits per heavy atom. The van der Waals surface area contributed by atoms with E-state index in [0.29, 0.717) is 11.6 Å². The topological polar surface area (TPSA) is 41.6 Å². The van der Waals surface area contributed by atoms with Crippen molar-refractivity contribution in [2.24, 2.45) is 0 Å². The van der Waals surface area contributed by atoms with Crippen LogP contribution in [0.5, 0.6) is 5.75 Å². The van der Waals surface area contributed by atoms with Crippen molar-refractivity contribution in [3.8, 4) is 5.75 Å². The molecule has 0 bridgehead atoms. The molecule has 0 radical (unpaired) electrons. The number of benzene rings is 2. The quantitative estimate of drug-likeness (QED) is 0.795. The second-order valence-electron chi connectivity index (χ2n) is 7.11. The molecule has 2 aromatic carbocycles. The summed E-state index contributed by atoms with van der Waals surface area (Å²) in [4.78, 5) is 13.7. The first kappa shape index (κ1) is 19.7. The lowest BCUT2D eigenvalue weighted by molar-refractivity contribution is -0.119. The minimum Gasteiger partial charge on any atom is -0.492 e. The number of rotatable bonds is 6. The minimum absolute atomic E-state index is 0.000381. The van der Waals surface area contributed by atoms with Crippen LogP contribution in [-0.2, 0) is 24.3 Å². The highest BCUT2D eigenvalue weighted by Crippen LogP contribution is 2.28. The van der Waals surface area contributed by atoms with Gasteiger partial charge < -0.3 is 10.1 Å². The smallest absolute Gasteiger partial charge is 0.217 e. The van der Waals surface area contributed by atoms with Gasteiger partial charge in [-0.2, -0.15) is 0 Å². The van der Waals surface area contributed by atoms with Crippen molar-refractivity contribution in [2.75, 3.05) is 13.2 Å². The molecule has 0 aromatic heterocycles. The molecule has 0 aliphatic carbocycles. The molecule has 3 rings (SSSR count). The lowest BCUT2D eigenvalue weighted by atomic mass is 9.95. The number of hydrogen-bond donors (Lipinski definition) is 1. The number of hydrogen-bond acceptors (Lipinski definition) is 3. The fraction of sp³-hybridized carbons (Fsp3) is 0.409. The highest BCUT2D eigenvalue weighted by atomic mass is 35.5. The maximum Gasteiger partial charge on any atom is 0.217 e. The van der Waals surface area contributed by atoms with E-state index in [9.17, 15) is 4.79 Å². The number of nitrogens with one attached hydrogen (secondary N) is 1. The highest BCUT2D eigenvalue weighted by Gasteiger charge is 2.18. The van der Waals surface area contributed by atoms with Crippen LogP contribution in [0.2, 0.25) is 5.02 Å². The van der Waals surface area contributed by atoms with Crippen LogP contribution >= 0.6 is 11.6 Å². The first-order valence-electron chi connectivity index (χ1n) is 9.48. The standard InChI is InChI=1S/C22H27ClN2O2/c1-4-27-22-8-5-17(11-21(22)23)13-25-10-9-19-12-18(6-7-20(19)14-25)15(2)24-16(3)26/h5-8,11-12,15H,4,9-10,13-14H2,1-3H3,(H,24,26). The maximum atomic E-state index is 11.3. The Kier molecular flexibility index (Phi) is 6.40. The summed E-state index contributed by atoms with van der Waals surface area (Å²) < 4.78 is 5.51. The van der Waals surface area contributed by atoms with Gasteiger partial charge in [0, 0.05) is 26.6 Å². The normalized spacial score (nSPS) is 15.1. The van der Waals surface area contributed by atoms with E-state index in [1.807, 2.05) is 26.0 Å². The Labute approximate surface area is 166 Å². The maximum absolute atomic E-state index is 11.3.